The molecule has 1 rings (SSSR count). The van der Waals surface area contributed by atoms with Crippen LogP contribution < -0.4 is 0 Å². The Hall–Kier alpha value is -0.340. The molecule has 1 unspecified atom stereocenters. The second-order valence-corrected chi connectivity index (χ2v) is 4.69. The lowest BCUT2D eigenvalue weighted by Crippen LogP contribution is -2.15. The smallest absolute Gasteiger partial charge is 0.114 e. The van der Waals surface area contributed by atoms with Gasteiger partial charge in [-0.05, 0) is 30.3 Å². The Labute approximate surface area is 74.2 Å². The maximum atomic E-state index is 8.59. The zero-order valence-electron chi connectivity index (χ0n) is 8.13. The van der Waals surface area contributed by atoms with E-state index < -0.39 is 0 Å². The molecule has 1 N–H and O–H groups in total. The summed E-state index contributed by atoms with van der Waals surface area (Å²) in [6.07, 6.45) is 5.13. The average molecular weight is 170 g/mol. The minimum Gasteiger partial charge on any atom is -0.251 e. The van der Waals surface area contributed by atoms with Crippen LogP contribution in [0.15, 0.2) is 11.6 Å². The van der Waals surface area contributed by atoms with Crippen molar-refractivity contribution in [1.29, 1.82) is 0 Å². The molecule has 0 saturated heterocycles. The van der Waals surface area contributed by atoms with Crippen LogP contribution in [0.5, 0.6) is 0 Å². The minimum absolute atomic E-state index is 0.0378. The molecule has 1 aliphatic carbocycles. The summed E-state index contributed by atoms with van der Waals surface area (Å²) >= 11 is 0. The van der Waals surface area contributed by atoms with E-state index >= 15 is 0 Å². The summed E-state index contributed by atoms with van der Waals surface area (Å²) in [5.74, 6) is 0. The van der Waals surface area contributed by atoms with Crippen LogP contribution in [0.4, 0.5) is 0 Å². The Morgan fingerprint density at radius 2 is 2.25 bits per heavy atom. The lowest BCUT2D eigenvalue weighted by atomic mass is 9.87. The van der Waals surface area contributed by atoms with Gasteiger partial charge in [-0.3, -0.25) is 5.26 Å². The Morgan fingerprint density at radius 1 is 1.58 bits per heavy atom. The molecule has 0 aromatic heterocycles. The first-order valence-corrected chi connectivity index (χ1v) is 4.52. The quantitative estimate of drug-likeness (QED) is 0.392. The van der Waals surface area contributed by atoms with E-state index in [-0.39, 0.29) is 11.5 Å². The fourth-order valence-electron chi connectivity index (χ4n) is 1.66. The molecular formula is C10H18O2. The molecule has 0 saturated carbocycles. The summed E-state index contributed by atoms with van der Waals surface area (Å²) in [5.41, 5.74) is 1.54. The van der Waals surface area contributed by atoms with Gasteiger partial charge in [-0.15, -0.1) is 0 Å². The van der Waals surface area contributed by atoms with E-state index in [1.165, 1.54) is 5.57 Å². The van der Waals surface area contributed by atoms with Crippen molar-refractivity contribution in [2.24, 2.45) is 5.41 Å². The predicted octanol–water partition coefficient (Wildman–Crippen LogP) is 3.00. The largest absolute Gasteiger partial charge is 0.251 e. The second-order valence-electron chi connectivity index (χ2n) is 4.69. The van der Waals surface area contributed by atoms with Crippen LogP contribution in [0.25, 0.3) is 0 Å². The zero-order chi connectivity index (χ0) is 9.19. The Morgan fingerprint density at radius 3 is 2.75 bits per heavy atom. The first-order chi connectivity index (χ1) is 5.53. The van der Waals surface area contributed by atoms with Gasteiger partial charge in [0.15, 0.2) is 0 Å². The molecule has 0 aromatic rings. The topological polar surface area (TPSA) is 29.5 Å². The van der Waals surface area contributed by atoms with Gasteiger partial charge >= 0.3 is 0 Å². The molecule has 1 atom stereocenters. The lowest BCUT2D eigenvalue weighted by molar-refractivity contribution is -0.268. The summed E-state index contributed by atoms with van der Waals surface area (Å²) in [5, 5.41) is 8.59. The third kappa shape index (κ3) is 2.61. The van der Waals surface area contributed by atoms with Crippen molar-refractivity contribution in [2.45, 2.75) is 46.1 Å². The van der Waals surface area contributed by atoms with Crippen LogP contribution in [0.3, 0.4) is 0 Å². The van der Waals surface area contributed by atoms with Crippen LogP contribution in [0.1, 0.15) is 40.0 Å². The van der Waals surface area contributed by atoms with Gasteiger partial charge in [-0.1, -0.05) is 26.8 Å². The molecule has 0 radical (unpaired) electrons. The zero-order valence-corrected chi connectivity index (χ0v) is 8.13. The fraction of sp³-hybridized carbons (Fsp3) is 0.800. The SMILES string of the molecule is CC(C)(C)CC1=CCCC1OO. The van der Waals surface area contributed by atoms with Gasteiger partial charge in [0.1, 0.15) is 6.10 Å². The highest BCUT2D eigenvalue weighted by Crippen LogP contribution is 2.32. The summed E-state index contributed by atoms with van der Waals surface area (Å²) in [6, 6.07) is 0. The van der Waals surface area contributed by atoms with Crippen molar-refractivity contribution in [3.63, 3.8) is 0 Å². The lowest BCUT2D eigenvalue weighted by Gasteiger charge is -2.21. The highest BCUT2D eigenvalue weighted by Gasteiger charge is 2.24. The van der Waals surface area contributed by atoms with Gasteiger partial charge in [0, 0.05) is 0 Å². The monoisotopic (exact) mass is 170 g/mol. The van der Waals surface area contributed by atoms with E-state index in [9.17, 15) is 0 Å². The molecule has 0 spiro atoms. The molecule has 1 aliphatic rings. The standard InChI is InChI=1S/C10H18O2/c1-10(2,3)7-8-5-4-6-9(8)12-11/h5,9,11H,4,6-7H2,1-3H3. The Bertz CT molecular complexity index is 177. The Kier molecular flexibility index (Phi) is 2.91. The molecule has 0 amide bonds. The molecule has 0 aliphatic heterocycles. The number of hydrogen-bond donors (Lipinski definition) is 1. The highest BCUT2D eigenvalue weighted by atomic mass is 17.1. The number of rotatable bonds is 2. The highest BCUT2D eigenvalue weighted by molar-refractivity contribution is 5.15. The van der Waals surface area contributed by atoms with Crippen molar-refractivity contribution < 1.29 is 10.1 Å². The fourth-order valence-corrected chi connectivity index (χ4v) is 1.66. The van der Waals surface area contributed by atoms with Crippen LogP contribution in [-0.2, 0) is 4.89 Å². The van der Waals surface area contributed by atoms with E-state index in [1.807, 2.05) is 0 Å². The van der Waals surface area contributed by atoms with Gasteiger partial charge in [-0.2, -0.15) is 0 Å². The maximum absolute atomic E-state index is 8.59. The van der Waals surface area contributed by atoms with E-state index in [0.29, 0.717) is 0 Å². The van der Waals surface area contributed by atoms with E-state index in [1.54, 1.807) is 0 Å². The van der Waals surface area contributed by atoms with Crippen molar-refractivity contribution in [3.05, 3.63) is 11.6 Å². The maximum Gasteiger partial charge on any atom is 0.114 e. The third-order valence-electron chi connectivity index (χ3n) is 2.11. The summed E-state index contributed by atoms with van der Waals surface area (Å²) < 4.78 is 0. The Balaban J connectivity index is 2.52. The van der Waals surface area contributed by atoms with Crippen molar-refractivity contribution in [1.82, 2.24) is 0 Å². The van der Waals surface area contributed by atoms with Gasteiger partial charge in [0.2, 0.25) is 0 Å². The summed E-state index contributed by atoms with van der Waals surface area (Å²) in [4.78, 5) is 4.40. The molecular weight excluding hydrogens is 152 g/mol. The third-order valence-corrected chi connectivity index (χ3v) is 2.11. The predicted molar refractivity (Wildman–Crippen MR) is 48.9 cm³/mol. The average Bonchev–Trinajstić information content (AvgIpc) is 2.31. The number of allylic oxidation sites excluding steroid dienone is 1. The van der Waals surface area contributed by atoms with Crippen LogP contribution in [0.2, 0.25) is 0 Å². The first-order valence-electron chi connectivity index (χ1n) is 4.52. The summed E-state index contributed by atoms with van der Waals surface area (Å²) in [6.45, 7) is 6.59. The first kappa shape index (κ1) is 9.75. The second kappa shape index (κ2) is 3.58. The molecule has 0 aromatic carbocycles. The van der Waals surface area contributed by atoms with Crippen LogP contribution >= 0.6 is 0 Å². The molecule has 0 bridgehead atoms. The van der Waals surface area contributed by atoms with Crippen molar-refractivity contribution >= 4 is 0 Å². The van der Waals surface area contributed by atoms with Gasteiger partial charge < -0.3 is 0 Å². The van der Waals surface area contributed by atoms with Crippen molar-refractivity contribution in [3.8, 4) is 0 Å². The molecule has 0 heterocycles. The molecule has 12 heavy (non-hydrogen) atoms. The molecule has 2 heteroatoms. The number of hydrogen-bond acceptors (Lipinski definition) is 2. The van der Waals surface area contributed by atoms with Crippen LogP contribution in [0, 0.1) is 5.41 Å². The normalized spacial score (nSPS) is 24.3. The van der Waals surface area contributed by atoms with Gasteiger partial charge in [0.05, 0.1) is 0 Å². The van der Waals surface area contributed by atoms with Gasteiger partial charge in [0.25, 0.3) is 0 Å². The molecule has 2 nitrogen and oxygen atoms in total. The minimum atomic E-state index is -0.0378. The molecule has 70 valence electrons. The van der Waals surface area contributed by atoms with E-state index in [0.717, 1.165) is 19.3 Å². The van der Waals surface area contributed by atoms with Gasteiger partial charge in [-0.25, -0.2) is 4.89 Å². The van der Waals surface area contributed by atoms with Crippen LogP contribution in [-0.4, -0.2) is 11.4 Å². The molecule has 0 fully saturated rings. The summed E-state index contributed by atoms with van der Waals surface area (Å²) in [7, 11) is 0. The van der Waals surface area contributed by atoms with E-state index in [4.69, 9.17) is 5.26 Å². The van der Waals surface area contributed by atoms with Crippen molar-refractivity contribution in [2.75, 3.05) is 0 Å². The van der Waals surface area contributed by atoms with E-state index in [2.05, 4.69) is 31.7 Å².